The molecule has 14 heavy (non-hydrogen) atoms. The summed E-state index contributed by atoms with van der Waals surface area (Å²) in [6, 6.07) is 4.71. The fraction of sp³-hybridized carbons (Fsp3) is 0.400. The molecule has 2 nitrogen and oxygen atoms in total. The summed E-state index contributed by atoms with van der Waals surface area (Å²) >= 11 is 5.63. The highest BCUT2D eigenvalue weighted by Crippen LogP contribution is 2.19. The Morgan fingerprint density at radius 1 is 1.57 bits per heavy atom. The highest BCUT2D eigenvalue weighted by atomic mass is 35.5. The number of nitrogens with one attached hydrogen (secondary N) is 1. The van der Waals surface area contributed by atoms with Crippen molar-refractivity contribution in [2.75, 3.05) is 19.0 Å². The molecule has 0 amide bonds. The lowest BCUT2D eigenvalue weighted by Crippen LogP contribution is -2.20. The summed E-state index contributed by atoms with van der Waals surface area (Å²) in [7, 11) is 1.63. The molecule has 1 atom stereocenters. The summed E-state index contributed by atoms with van der Waals surface area (Å²) in [6.07, 6.45) is 0. The Bertz CT molecular complexity index is 306. The molecule has 0 aliphatic rings. The topological polar surface area (TPSA) is 21.3 Å². The molecule has 1 aromatic carbocycles. The van der Waals surface area contributed by atoms with Gasteiger partial charge in [-0.1, -0.05) is 11.6 Å². The molecular formula is C10H13ClFNO. The van der Waals surface area contributed by atoms with Crippen LogP contribution in [-0.4, -0.2) is 19.8 Å². The van der Waals surface area contributed by atoms with Crippen molar-refractivity contribution < 1.29 is 9.13 Å². The molecule has 0 radical (unpaired) electrons. The standard InChI is InChI=1S/C10H13ClFNO/c1-7(6-14-2)13-8-3-4-10(12)9(11)5-8/h3-5,7,13H,6H2,1-2H3/t7-/m1/s1. The quantitative estimate of drug-likeness (QED) is 0.838. The van der Waals surface area contributed by atoms with Crippen LogP contribution >= 0.6 is 11.6 Å². The van der Waals surface area contributed by atoms with Crippen molar-refractivity contribution in [3.05, 3.63) is 29.0 Å². The number of ether oxygens (including phenoxy) is 1. The van der Waals surface area contributed by atoms with Crippen molar-refractivity contribution >= 4 is 17.3 Å². The maximum atomic E-state index is 12.8. The van der Waals surface area contributed by atoms with Crippen molar-refractivity contribution in [3.8, 4) is 0 Å². The van der Waals surface area contributed by atoms with Crippen molar-refractivity contribution in [2.24, 2.45) is 0 Å². The molecule has 0 unspecified atom stereocenters. The van der Waals surface area contributed by atoms with Gasteiger partial charge in [0.1, 0.15) is 5.82 Å². The molecule has 0 saturated carbocycles. The molecule has 1 N–H and O–H groups in total. The molecular weight excluding hydrogens is 205 g/mol. The Morgan fingerprint density at radius 3 is 2.86 bits per heavy atom. The molecule has 0 saturated heterocycles. The smallest absolute Gasteiger partial charge is 0.141 e. The van der Waals surface area contributed by atoms with Gasteiger partial charge in [0.05, 0.1) is 11.6 Å². The van der Waals surface area contributed by atoms with Crippen molar-refractivity contribution in [2.45, 2.75) is 13.0 Å². The van der Waals surface area contributed by atoms with Crippen molar-refractivity contribution in [3.63, 3.8) is 0 Å². The average molecular weight is 218 g/mol. The van der Waals surface area contributed by atoms with E-state index in [2.05, 4.69) is 5.32 Å². The van der Waals surface area contributed by atoms with E-state index in [0.717, 1.165) is 5.69 Å². The summed E-state index contributed by atoms with van der Waals surface area (Å²) in [6.45, 7) is 2.57. The van der Waals surface area contributed by atoms with Gasteiger partial charge >= 0.3 is 0 Å². The molecule has 0 aliphatic heterocycles. The summed E-state index contributed by atoms with van der Waals surface area (Å²) in [4.78, 5) is 0. The van der Waals surface area contributed by atoms with E-state index in [9.17, 15) is 4.39 Å². The van der Waals surface area contributed by atoms with Gasteiger partial charge in [-0.25, -0.2) is 4.39 Å². The highest BCUT2D eigenvalue weighted by molar-refractivity contribution is 6.31. The summed E-state index contributed by atoms with van der Waals surface area (Å²) in [5.74, 6) is -0.406. The van der Waals surface area contributed by atoms with Crippen LogP contribution in [0.4, 0.5) is 10.1 Å². The van der Waals surface area contributed by atoms with E-state index in [0.29, 0.717) is 6.61 Å². The van der Waals surface area contributed by atoms with Crippen LogP contribution in [0.5, 0.6) is 0 Å². The number of anilines is 1. The Kier molecular flexibility index (Phi) is 4.17. The van der Waals surface area contributed by atoms with Gasteiger partial charge in [-0.15, -0.1) is 0 Å². The van der Waals surface area contributed by atoms with E-state index in [1.165, 1.54) is 6.07 Å². The first-order chi connectivity index (χ1) is 6.63. The maximum Gasteiger partial charge on any atom is 0.141 e. The molecule has 0 aromatic heterocycles. The van der Waals surface area contributed by atoms with Crippen LogP contribution in [0.15, 0.2) is 18.2 Å². The van der Waals surface area contributed by atoms with Gasteiger partial charge in [0.25, 0.3) is 0 Å². The van der Waals surface area contributed by atoms with Gasteiger partial charge in [-0.05, 0) is 25.1 Å². The van der Waals surface area contributed by atoms with E-state index in [1.807, 2.05) is 6.92 Å². The van der Waals surface area contributed by atoms with E-state index in [4.69, 9.17) is 16.3 Å². The first-order valence-corrected chi connectivity index (χ1v) is 4.72. The fourth-order valence-electron chi connectivity index (χ4n) is 1.16. The van der Waals surface area contributed by atoms with Gasteiger partial charge < -0.3 is 10.1 Å². The Morgan fingerprint density at radius 2 is 2.29 bits per heavy atom. The van der Waals surface area contributed by atoms with Crippen LogP contribution in [-0.2, 0) is 4.74 Å². The SMILES string of the molecule is COC[C@@H](C)Nc1ccc(F)c(Cl)c1. The lowest BCUT2D eigenvalue weighted by molar-refractivity contribution is 0.190. The lowest BCUT2D eigenvalue weighted by Gasteiger charge is -2.14. The minimum atomic E-state index is -0.406. The fourth-order valence-corrected chi connectivity index (χ4v) is 1.34. The monoisotopic (exact) mass is 217 g/mol. The zero-order valence-corrected chi connectivity index (χ0v) is 8.94. The first kappa shape index (κ1) is 11.3. The largest absolute Gasteiger partial charge is 0.383 e. The summed E-state index contributed by atoms with van der Waals surface area (Å²) < 4.78 is 17.8. The molecule has 0 fully saturated rings. The van der Waals surface area contributed by atoms with Gasteiger partial charge in [0.15, 0.2) is 0 Å². The predicted octanol–water partition coefficient (Wildman–Crippen LogP) is 2.93. The first-order valence-electron chi connectivity index (χ1n) is 4.34. The van der Waals surface area contributed by atoms with Gasteiger partial charge in [-0.2, -0.15) is 0 Å². The number of hydrogen-bond acceptors (Lipinski definition) is 2. The Hall–Kier alpha value is -0.800. The zero-order chi connectivity index (χ0) is 10.6. The van der Waals surface area contributed by atoms with E-state index < -0.39 is 5.82 Å². The summed E-state index contributed by atoms with van der Waals surface area (Å²) in [5.41, 5.74) is 0.793. The third kappa shape index (κ3) is 3.16. The normalized spacial score (nSPS) is 12.6. The van der Waals surface area contributed by atoms with Gasteiger partial charge in [-0.3, -0.25) is 0 Å². The van der Waals surface area contributed by atoms with Crippen LogP contribution in [0.1, 0.15) is 6.92 Å². The van der Waals surface area contributed by atoms with E-state index >= 15 is 0 Å². The minimum Gasteiger partial charge on any atom is -0.383 e. The molecule has 78 valence electrons. The predicted molar refractivity (Wildman–Crippen MR) is 56.4 cm³/mol. The van der Waals surface area contributed by atoms with Crippen LogP contribution in [0.3, 0.4) is 0 Å². The molecule has 0 bridgehead atoms. The van der Waals surface area contributed by atoms with E-state index in [1.54, 1.807) is 19.2 Å². The van der Waals surface area contributed by atoms with Crippen molar-refractivity contribution in [1.29, 1.82) is 0 Å². The van der Waals surface area contributed by atoms with Gasteiger partial charge in [0, 0.05) is 18.8 Å². The number of halogens is 2. The molecule has 1 aromatic rings. The van der Waals surface area contributed by atoms with Gasteiger partial charge in [0.2, 0.25) is 0 Å². The third-order valence-corrected chi connectivity index (χ3v) is 2.04. The second-order valence-corrected chi connectivity index (χ2v) is 3.54. The highest BCUT2D eigenvalue weighted by Gasteiger charge is 2.03. The Labute approximate surface area is 88.0 Å². The maximum absolute atomic E-state index is 12.8. The molecule has 0 aliphatic carbocycles. The Balaban J connectivity index is 2.63. The van der Waals surface area contributed by atoms with E-state index in [-0.39, 0.29) is 11.1 Å². The third-order valence-electron chi connectivity index (χ3n) is 1.75. The molecule has 1 rings (SSSR count). The summed E-state index contributed by atoms with van der Waals surface area (Å²) in [5, 5.41) is 3.26. The average Bonchev–Trinajstić information content (AvgIpc) is 2.12. The van der Waals surface area contributed by atoms with Crippen LogP contribution in [0.25, 0.3) is 0 Å². The van der Waals surface area contributed by atoms with Crippen molar-refractivity contribution in [1.82, 2.24) is 0 Å². The second-order valence-electron chi connectivity index (χ2n) is 3.13. The van der Waals surface area contributed by atoms with Crippen LogP contribution < -0.4 is 5.32 Å². The van der Waals surface area contributed by atoms with Crippen LogP contribution in [0, 0.1) is 5.82 Å². The minimum absolute atomic E-state index is 0.125. The molecule has 4 heteroatoms. The number of benzene rings is 1. The number of rotatable bonds is 4. The lowest BCUT2D eigenvalue weighted by atomic mass is 10.2. The second kappa shape index (κ2) is 5.17. The zero-order valence-electron chi connectivity index (χ0n) is 8.18. The number of methoxy groups -OCH3 is 1. The van der Waals surface area contributed by atoms with Crippen LogP contribution in [0.2, 0.25) is 5.02 Å². The number of hydrogen-bond donors (Lipinski definition) is 1. The molecule has 0 spiro atoms. The molecule has 0 heterocycles.